The molecule has 2 aliphatic heterocycles. The lowest BCUT2D eigenvalue weighted by Gasteiger charge is -2.49. The summed E-state index contributed by atoms with van der Waals surface area (Å²) in [7, 11) is 0. The van der Waals surface area contributed by atoms with Gasteiger partial charge < -0.3 is 9.80 Å². The second kappa shape index (κ2) is 14.7. The largest absolute Gasteiger partial charge is 0.311 e. The van der Waals surface area contributed by atoms with E-state index in [1.54, 1.807) is 0 Å². The zero-order valence-electron chi connectivity index (χ0n) is 43.0. The van der Waals surface area contributed by atoms with Crippen LogP contribution in [0.4, 0.5) is 33.4 Å². The number of fused-ring (bicyclic) bond motifs is 9. The molecule has 0 atom stereocenters. The zero-order valence-corrected chi connectivity index (χ0v) is 43.9. The molecule has 0 spiro atoms. The summed E-state index contributed by atoms with van der Waals surface area (Å²) in [6.07, 6.45) is 4.55. The first-order valence-corrected chi connectivity index (χ1v) is 26.0. The molecule has 0 amide bonds. The first-order valence-electron chi connectivity index (χ1n) is 25.2. The Morgan fingerprint density at radius 2 is 1.15 bits per heavy atom. The molecule has 0 saturated carbocycles. The van der Waals surface area contributed by atoms with Crippen molar-refractivity contribution in [2.24, 2.45) is 0 Å². The summed E-state index contributed by atoms with van der Waals surface area (Å²) >= 11 is 1.91. The lowest BCUT2D eigenvalue weighted by atomic mass is 9.33. The second-order valence-electron chi connectivity index (χ2n) is 25.5. The number of anilines is 6. The highest BCUT2D eigenvalue weighted by molar-refractivity contribution is 7.26. The maximum absolute atomic E-state index is 11.3. The molecule has 4 aliphatic rings. The van der Waals surface area contributed by atoms with Crippen molar-refractivity contribution in [1.82, 2.24) is 0 Å². The van der Waals surface area contributed by atoms with Gasteiger partial charge >= 0.3 is 0 Å². The third kappa shape index (κ3) is 6.71. The average Bonchev–Trinajstić information content (AvgIpc) is 3.67. The Morgan fingerprint density at radius 3 is 1.81 bits per heavy atom. The molecule has 2 aliphatic carbocycles. The SMILES string of the molecule is CC(C)(C)c1ccc(N2c3cc(C#N)cc4c3B(c3ccc5c(c3N4c3ccc4c(c3)C(C)(C)CCC4(C)C)C(C)(C)CCC5(C)C)c3c2sc2ccc(C(C)(C)C)cc32)c(-c2ccccc2)c1. The Hall–Kier alpha value is -5.57. The maximum Gasteiger partial charge on any atom is 0.254 e. The highest BCUT2D eigenvalue weighted by Crippen LogP contribution is 2.56. The molecule has 344 valence electrons. The molecule has 5 heteroatoms. The molecule has 0 fully saturated rings. The van der Waals surface area contributed by atoms with Crippen LogP contribution in [0.3, 0.4) is 0 Å². The Labute approximate surface area is 411 Å². The summed E-state index contributed by atoms with van der Waals surface area (Å²) < 4.78 is 1.29. The number of nitriles is 1. The van der Waals surface area contributed by atoms with E-state index < -0.39 is 0 Å². The van der Waals surface area contributed by atoms with Crippen molar-refractivity contribution < 1.29 is 0 Å². The van der Waals surface area contributed by atoms with E-state index in [9.17, 15) is 5.26 Å². The van der Waals surface area contributed by atoms with Gasteiger partial charge in [-0.05, 0) is 161 Å². The second-order valence-corrected chi connectivity index (χ2v) is 26.5. The number of hydrogen-bond donors (Lipinski definition) is 0. The maximum atomic E-state index is 11.3. The van der Waals surface area contributed by atoms with Crippen LogP contribution < -0.4 is 26.2 Å². The number of rotatable bonds is 3. The summed E-state index contributed by atoms with van der Waals surface area (Å²) in [4.78, 5) is 5.21. The van der Waals surface area contributed by atoms with Crippen molar-refractivity contribution in [1.29, 1.82) is 5.26 Å². The number of benzene rings is 6. The van der Waals surface area contributed by atoms with E-state index in [1.807, 2.05) is 11.3 Å². The van der Waals surface area contributed by atoms with Gasteiger partial charge in [0.15, 0.2) is 0 Å². The molecule has 7 aromatic rings. The molecule has 0 bridgehead atoms. The van der Waals surface area contributed by atoms with Gasteiger partial charge in [0.1, 0.15) is 0 Å². The summed E-state index contributed by atoms with van der Waals surface area (Å²) in [5.41, 5.74) is 21.3. The molecular weight excluding hydrogens is 842 g/mol. The van der Waals surface area contributed by atoms with E-state index in [-0.39, 0.29) is 39.2 Å². The molecule has 3 nitrogen and oxygen atoms in total. The Balaban J connectivity index is 1.31. The molecule has 0 unspecified atom stereocenters. The average molecular weight is 910 g/mol. The first kappa shape index (κ1) is 44.9. The molecule has 0 N–H and O–H groups in total. The summed E-state index contributed by atoms with van der Waals surface area (Å²) in [5, 5.41) is 13.8. The molecule has 0 radical (unpaired) electrons. The van der Waals surface area contributed by atoms with Crippen LogP contribution in [0.2, 0.25) is 0 Å². The van der Waals surface area contributed by atoms with Gasteiger partial charge in [-0.15, -0.1) is 11.3 Å². The van der Waals surface area contributed by atoms with Gasteiger partial charge in [-0.2, -0.15) is 5.26 Å². The van der Waals surface area contributed by atoms with Crippen LogP contribution in [0.25, 0.3) is 21.2 Å². The molecule has 6 aromatic carbocycles. The van der Waals surface area contributed by atoms with Crippen LogP contribution in [-0.4, -0.2) is 6.71 Å². The topological polar surface area (TPSA) is 30.3 Å². The van der Waals surface area contributed by atoms with E-state index in [1.165, 1.54) is 93.8 Å². The van der Waals surface area contributed by atoms with Gasteiger partial charge in [0, 0.05) is 33.0 Å². The highest BCUT2D eigenvalue weighted by atomic mass is 32.1. The minimum atomic E-state index is -0.0872. The predicted octanol–water partition coefficient (Wildman–Crippen LogP) is 15.8. The van der Waals surface area contributed by atoms with Crippen LogP contribution in [0, 0.1) is 11.3 Å². The van der Waals surface area contributed by atoms with Gasteiger partial charge in [0.05, 0.1) is 22.3 Å². The smallest absolute Gasteiger partial charge is 0.254 e. The van der Waals surface area contributed by atoms with Crippen LogP contribution in [0.5, 0.6) is 0 Å². The molecule has 11 rings (SSSR count). The van der Waals surface area contributed by atoms with Gasteiger partial charge in [0.25, 0.3) is 6.71 Å². The van der Waals surface area contributed by atoms with Crippen LogP contribution in [0.15, 0.2) is 109 Å². The number of thiophene rings is 1. The third-order valence-electron chi connectivity index (χ3n) is 16.9. The normalized spacial score (nSPS) is 18.3. The summed E-state index contributed by atoms with van der Waals surface area (Å²) in [6.45, 7) is 33.5. The van der Waals surface area contributed by atoms with E-state index in [2.05, 4.69) is 222 Å². The molecule has 1 aromatic heterocycles. The zero-order chi connectivity index (χ0) is 48.2. The Bertz CT molecular complexity index is 3290. The minimum Gasteiger partial charge on any atom is -0.311 e. The van der Waals surface area contributed by atoms with E-state index >= 15 is 0 Å². The quantitative estimate of drug-likeness (QED) is 0.166. The fourth-order valence-corrected chi connectivity index (χ4v) is 13.8. The first-order chi connectivity index (χ1) is 31.9. The van der Waals surface area contributed by atoms with Crippen molar-refractivity contribution in [3.8, 4) is 17.2 Å². The van der Waals surface area contributed by atoms with Crippen LogP contribution in [-0.2, 0) is 32.5 Å². The van der Waals surface area contributed by atoms with Crippen molar-refractivity contribution in [2.45, 2.75) is 155 Å². The van der Waals surface area contributed by atoms with Gasteiger partial charge in [-0.25, -0.2) is 0 Å². The van der Waals surface area contributed by atoms with Crippen molar-refractivity contribution in [2.75, 3.05) is 9.80 Å². The summed E-state index contributed by atoms with van der Waals surface area (Å²) in [6, 6.07) is 44.9. The van der Waals surface area contributed by atoms with Gasteiger partial charge in [0.2, 0.25) is 0 Å². The monoisotopic (exact) mass is 910 g/mol. The minimum absolute atomic E-state index is 0.00558. The Kier molecular flexibility index (Phi) is 9.73. The molecule has 0 saturated heterocycles. The van der Waals surface area contributed by atoms with E-state index in [0.29, 0.717) is 5.56 Å². The summed E-state index contributed by atoms with van der Waals surface area (Å²) in [5.74, 6) is 0. The van der Waals surface area contributed by atoms with Crippen molar-refractivity contribution in [3.05, 3.63) is 148 Å². The van der Waals surface area contributed by atoms with Gasteiger partial charge in [-0.3, -0.25) is 0 Å². The number of nitrogens with zero attached hydrogens (tertiary/aromatic N) is 3. The lowest BCUT2D eigenvalue weighted by Crippen LogP contribution is -2.61. The Morgan fingerprint density at radius 1 is 0.559 bits per heavy atom. The van der Waals surface area contributed by atoms with Crippen LogP contribution in [0.1, 0.15) is 162 Å². The standard InChI is InChI=1S/C63H68BN3S/c1-58(2,3)40-20-26-49(43(34-40)39-18-16-15-17-19-39)67-51-33-38(37-65)32-50-55(51)64(54-44-35-41(59(4,5)6)21-27-52(44)68-57(54)67)48-25-24-46-53(63(13,14)31-30-61(46,9)10)56(48)66(50)42-22-23-45-47(36-42)62(11,12)29-28-60(45,7)8/h15-27,32-36H,28-31H2,1-14H3. The molecule has 3 heterocycles. The number of hydrogen-bond acceptors (Lipinski definition) is 4. The molecule has 68 heavy (non-hydrogen) atoms. The van der Waals surface area contributed by atoms with E-state index in [4.69, 9.17) is 0 Å². The lowest BCUT2D eigenvalue weighted by molar-refractivity contribution is 0.331. The van der Waals surface area contributed by atoms with Gasteiger partial charge in [-0.1, -0.05) is 164 Å². The predicted molar refractivity (Wildman–Crippen MR) is 294 cm³/mol. The highest BCUT2D eigenvalue weighted by Gasteiger charge is 2.50. The van der Waals surface area contributed by atoms with Crippen molar-refractivity contribution in [3.63, 3.8) is 0 Å². The van der Waals surface area contributed by atoms with Crippen LogP contribution >= 0.6 is 11.3 Å². The van der Waals surface area contributed by atoms with E-state index in [0.717, 1.165) is 36.3 Å². The molecular formula is C63H68BN3S. The fourth-order valence-electron chi connectivity index (χ4n) is 12.5. The third-order valence-corrected chi connectivity index (χ3v) is 18.1. The van der Waals surface area contributed by atoms with Crippen molar-refractivity contribution >= 4 is 78.0 Å². The fraction of sp³-hybridized carbons (Fsp3) is 0.381.